The zero-order valence-corrected chi connectivity index (χ0v) is 15.6. The van der Waals surface area contributed by atoms with Gasteiger partial charge in [-0.05, 0) is 42.7 Å². The van der Waals surface area contributed by atoms with E-state index >= 15 is 0 Å². The number of carboxylic acids is 1. The van der Waals surface area contributed by atoms with E-state index in [1.54, 1.807) is 13.0 Å². The van der Waals surface area contributed by atoms with Gasteiger partial charge >= 0.3 is 5.97 Å². The van der Waals surface area contributed by atoms with Crippen molar-refractivity contribution in [2.45, 2.75) is 37.8 Å². The van der Waals surface area contributed by atoms with E-state index in [2.05, 4.69) is 17.4 Å². The summed E-state index contributed by atoms with van der Waals surface area (Å²) in [4.78, 5) is 38.1. The molecule has 28 heavy (non-hydrogen) atoms. The molecule has 144 valence electrons. The number of carbonyl (C=O) groups is 3. The van der Waals surface area contributed by atoms with Crippen molar-refractivity contribution in [3.63, 3.8) is 0 Å². The lowest BCUT2D eigenvalue weighted by atomic mass is 10.1. The topological polar surface area (TPSA) is 86.7 Å². The van der Waals surface area contributed by atoms with Crippen molar-refractivity contribution in [2.75, 3.05) is 6.54 Å². The molecule has 3 unspecified atom stereocenters. The molecule has 0 radical (unpaired) electrons. The number of benzene rings is 2. The van der Waals surface area contributed by atoms with Gasteiger partial charge in [0.15, 0.2) is 0 Å². The molecule has 0 spiro atoms. The maximum absolute atomic E-state index is 12.6. The zero-order chi connectivity index (χ0) is 19.8. The number of carboxylic acid groups (broad SMARTS) is 1. The minimum atomic E-state index is -1.07. The van der Waals surface area contributed by atoms with Crippen molar-refractivity contribution in [2.24, 2.45) is 0 Å². The lowest BCUT2D eigenvalue weighted by molar-refractivity contribution is -0.128. The molecule has 2 amide bonds. The van der Waals surface area contributed by atoms with E-state index in [1.807, 2.05) is 23.1 Å². The van der Waals surface area contributed by atoms with Gasteiger partial charge in [-0.15, -0.1) is 0 Å². The molecule has 1 heterocycles. The summed E-state index contributed by atoms with van der Waals surface area (Å²) in [6, 6.07) is 14.7. The largest absolute Gasteiger partial charge is 0.478 e. The number of nitrogens with one attached hydrogen (secondary N) is 1. The van der Waals surface area contributed by atoms with Gasteiger partial charge in [-0.3, -0.25) is 9.59 Å². The summed E-state index contributed by atoms with van der Waals surface area (Å²) >= 11 is 0. The molecule has 2 aromatic rings. The van der Waals surface area contributed by atoms with Crippen molar-refractivity contribution >= 4 is 17.8 Å². The first-order valence-electron chi connectivity index (χ1n) is 9.42. The van der Waals surface area contributed by atoms with Crippen LogP contribution in [0.5, 0.6) is 0 Å². The molecule has 6 nitrogen and oxygen atoms in total. The van der Waals surface area contributed by atoms with Gasteiger partial charge in [0.05, 0.1) is 11.6 Å². The Morgan fingerprint density at radius 3 is 2.54 bits per heavy atom. The second-order valence-corrected chi connectivity index (χ2v) is 7.63. The van der Waals surface area contributed by atoms with E-state index in [4.69, 9.17) is 0 Å². The Hall–Kier alpha value is -3.15. The highest BCUT2D eigenvalue weighted by molar-refractivity contribution is 5.98. The van der Waals surface area contributed by atoms with Gasteiger partial charge in [-0.25, -0.2) is 4.79 Å². The van der Waals surface area contributed by atoms with Crippen molar-refractivity contribution in [3.05, 3.63) is 70.8 Å². The molecule has 0 bridgehead atoms. The molecular weight excluding hydrogens is 356 g/mol. The third-order valence-corrected chi connectivity index (χ3v) is 5.46. The standard InChI is InChI=1S/C22H22N2O4/c1-13-7-15(9-16(8-13)22(27)28)21(26)23-17-10-20(25)24(12-17)19-11-18(19)14-5-3-2-4-6-14/h2-9,17-19H,10-12H2,1H3,(H,23,26)(H,27,28). The van der Waals surface area contributed by atoms with E-state index < -0.39 is 5.97 Å². The number of hydrogen-bond donors (Lipinski definition) is 2. The number of aryl methyl sites for hydroxylation is 1. The monoisotopic (exact) mass is 378 g/mol. The molecular formula is C22H22N2O4. The van der Waals surface area contributed by atoms with E-state index in [1.165, 1.54) is 17.7 Å². The second kappa shape index (κ2) is 7.11. The Kier molecular flexibility index (Phi) is 4.63. The van der Waals surface area contributed by atoms with Gasteiger partial charge in [0.1, 0.15) is 0 Å². The molecule has 2 aromatic carbocycles. The van der Waals surface area contributed by atoms with Gasteiger partial charge in [-0.1, -0.05) is 30.3 Å². The van der Waals surface area contributed by atoms with E-state index in [0.717, 1.165) is 6.42 Å². The van der Waals surface area contributed by atoms with Crippen LogP contribution in [0.15, 0.2) is 48.5 Å². The first-order valence-corrected chi connectivity index (χ1v) is 9.42. The van der Waals surface area contributed by atoms with Gasteiger partial charge in [0, 0.05) is 30.5 Å². The van der Waals surface area contributed by atoms with Crippen molar-refractivity contribution in [1.82, 2.24) is 10.2 Å². The molecule has 1 saturated carbocycles. The number of hydrogen-bond acceptors (Lipinski definition) is 3. The van der Waals surface area contributed by atoms with Gasteiger partial charge in [0.25, 0.3) is 5.91 Å². The number of likely N-dealkylation sites (tertiary alicyclic amines) is 1. The van der Waals surface area contributed by atoms with E-state index in [9.17, 15) is 19.5 Å². The maximum Gasteiger partial charge on any atom is 0.335 e. The summed E-state index contributed by atoms with van der Waals surface area (Å²) in [5.41, 5.74) is 2.33. The Morgan fingerprint density at radius 2 is 1.82 bits per heavy atom. The molecule has 1 aliphatic carbocycles. The molecule has 1 saturated heterocycles. The highest BCUT2D eigenvalue weighted by atomic mass is 16.4. The predicted molar refractivity (Wildman–Crippen MR) is 103 cm³/mol. The van der Waals surface area contributed by atoms with E-state index in [0.29, 0.717) is 23.6 Å². The van der Waals surface area contributed by atoms with Crippen LogP contribution in [0.3, 0.4) is 0 Å². The molecule has 4 rings (SSSR count). The maximum atomic E-state index is 12.6. The van der Waals surface area contributed by atoms with Crippen LogP contribution < -0.4 is 5.32 Å². The molecule has 0 aromatic heterocycles. The van der Waals surface area contributed by atoms with Crippen LogP contribution in [0, 0.1) is 6.92 Å². The van der Waals surface area contributed by atoms with Gasteiger partial charge in [0.2, 0.25) is 5.91 Å². The number of rotatable bonds is 5. The van der Waals surface area contributed by atoms with E-state index in [-0.39, 0.29) is 35.9 Å². The molecule has 6 heteroatoms. The third kappa shape index (κ3) is 3.63. The highest BCUT2D eigenvalue weighted by Gasteiger charge is 2.47. The van der Waals surface area contributed by atoms with Crippen LogP contribution in [0.2, 0.25) is 0 Å². The fraction of sp³-hybridized carbons (Fsp3) is 0.318. The summed E-state index contributed by atoms with van der Waals surface area (Å²) in [6.07, 6.45) is 1.23. The van der Waals surface area contributed by atoms with Crippen LogP contribution >= 0.6 is 0 Å². The molecule has 2 fully saturated rings. The summed E-state index contributed by atoms with van der Waals surface area (Å²) < 4.78 is 0. The lowest BCUT2D eigenvalue weighted by Crippen LogP contribution is -2.38. The average Bonchev–Trinajstić information content (AvgIpc) is 3.38. The minimum absolute atomic E-state index is 0.0594. The summed E-state index contributed by atoms with van der Waals surface area (Å²) in [5.74, 6) is -0.986. The molecule has 3 atom stereocenters. The second-order valence-electron chi connectivity index (χ2n) is 7.63. The molecule has 2 N–H and O–H groups in total. The zero-order valence-electron chi connectivity index (χ0n) is 15.6. The van der Waals surface area contributed by atoms with Gasteiger partial charge in [-0.2, -0.15) is 0 Å². The fourth-order valence-electron chi connectivity index (χ4n) is 4.04. The third-order valence-electron chi connectivity index (χ3n) is 5.46. The van der Waals surface area contributed by atoms with Crippen LogP contribution in [0.25, 0.3) is 0 Å². The predicted octanol–water partition coefficient (Wildman–Crippen LogP) is 2.58. The fourth-order valence-corrected chi connectivity index (χ4v) is 4.04. The first-order chi connectivity index (χ1) is 13.4. The lowest BCUT2D eigenvalue weighted by Gasteiger charge is -2.17. The number of aromatic carboxylic acids is 1. The van der Waals surface area contributed by atoms with Crippen LogP contribution in [0.1, 0.15) is 50.6 Å². The van der Waals surface area contributed by atoms with Crippen molar-refractivity contribution in [3.8, 4) is 0 Å². The van der Waals surface area contributed by atoms with Gasteiger partial charge < -0.3 is 15.3 Å². The number of nitrogens with zero attached hydrogens (tertiary/aromatic N) is 1. The van der Waals surface area contributed by atoms with Crippen molar-refractivity contribution in [1.29, 1.82) is 0 Å². The summed E-state index contributed by atoms with van der Waals surface area (Å²) in [7, 11) is 0. The average molecular weight is 378 g/mol. The minimum Gasteiger partial charge on any atom is -0.478 e. The van der Waals surface area contributed by atoms with Crippen molar-refractivity contribution < 1.29 is 19.5 Å². The first kappa shape index (κ1) is 18.2. The van der Waals surface area contributed by atoms with Crippen LogP contribution in [0.4, 0.5) is 0 Å². The molecule has 1 aliphatic heterocycles. The smallest absolute Gasteiger partial charge is 0.335 e. The Morgan fingerprint density at radius 1 is 1.11 bits per heavy atom. The summed E-state index contributed by atoms with van der Waals surface area (Å²) in [5, 5.41) is 12.1. The van der Waals surface area contributed by atoms with Crippen LogP contribution in [-0.2, 0) is 4.79 Å². The Bertz CT molecular complexity index is 941. The SMILES string of the molecule is Cc1cc(C(=O)O)cc(C(=O)NC2CC(=O)N(C3CC3c3ccccc3)C2)c1. The normalized spacial score (nSPS) is 23.5. The summed E-state index contributed by atoms with van der Waals surface area (Å²) in [6.45, 7) is 2.25. The Balaban J connectivity index is 1.40. The Labute approximate surface area is 163 Å². The number of carbonyl (C=O) groups excluding carboxylic acids is 2. The molecule has 2 aliphatic rings. The quantitative estimate of drug-likeness (QED) is 0.837. The highest BCUT2D eigenvalue weighted by Crippen LogP contribution is 2.45. The number of amides is 2. The van der Waals surface area contributed by atoms with Crippen LogP contribution in [-0.4, -0.2) is 46.4 Å².